The second-order valence-corrected chi connectivity index (χ2v) is 5.02. The summed E-state index contributed by atoms with van der Waals surface area (Å²) >= 11 is 0. The van der Waals surface area contributed by atoms with Gasteiger partial charge in [-0.05, 0) is 56.7 Å². The van der Waals surface area contributed by atoms with E-state index in [1.807, 2.05) is 6.07 Å². The molecule has 0 atom stereocenters. The van der Waals surface area contributed by atoms with Gasteiger partial charge in [0.05, 0.1) is 7.11 Å². The summed E-state index contributed by atoms with van der Waals surface area (Å²) < 4.78 is 5.42. The van der Waals surface area contributed by atoms with Gasteiger partial charge in [0.2, 0.25) is 0 Å². The second-order valence-electron chi connectivity index (χ2n) is 5.02. The third-order valence-electron chi connectivity index (χ3n) is 3.96. The fourth-order valence-corrected chi connectivity index (χ4v) is 2.84. The third-order valence-corrected chi connectivity index (χ3v) is 3.96. The Morgan fingerprint density at radius 3 is 2.53 bits per heavy atom. The lowest BCUT2D eigenvalue weighted by Crippen LogP contribution is -2.30. The molecule has 1 aromatic carbocycles. The molecule has 17 heavy (non-hydrogen) atoms. The third kappa shape index (κ3) is 3.22. The molecule has 0 amide bonds. The first-order valence-electron chi connectivity index (χ1n) is 6.62. The van der Waals surface area contributed by atoms with E-state index in [1.54, 1.807) is 7.11 Å². The second kappa shape index (κ2) is 6.06. The van der Waals surface area contributed by atoms with Crippen LogP contribution in [0, 0.1) is 5.92 Å². The van der Waals surface area contributed by atoms with Gasteiger partial charge in [-0.25, -0.2) is 0 Å². The molecule has 0 spiro atoms. The van der Waals surface area contributed by atoms with Crippen LogP contribution in [0.2, 0.25) is 0 Å². The Hall–Kier alpha value is -1.02. The summed E-state index contributed by atoms with van der Waals surface area (Å²) in [7, 11) is 3.84. The lowest BCUT2D eigenvalue weighted by atomic mass is 9.82. The van der Waals surface area contributed by atoms with Crippen LogP contribution in [0.4, 0.5) is 0 Å². The van der Waals surface area contributed by atoms with E-state index in [9.17, 15) is 0 Å². The van der Waals surface area contributed by atoms with Crippen LogP contribution in [0.25, 0.3) is 0 Å². The fourth-order valence-electron chi connectivity index (χ4n) is 2.84. The molecule has 0 radical (unpaired) electrons. The summed E-state index contributed by atoms with van der Waals surface area (Å²) in [5.41, 5.74) is 1.36. The van der Waals surface area contributed by atoms with Gasteiger partial charge in [0.1, 0.15) is 5.75 Å². The normalized spacial score (nSPS) is 24.6. The summed E-state index contributed by atoms with van der Waals surface area (Å²) in [5.74, 6) is 1.87. The van der Waals surface area contributed by atoms with E-state index in [1.165, 1.54) is 37.7 Å². The van der Waals surface area contributed by atoms with E-state index in [2.05, 4.69) is 30.6 Å². The zero-order valence-electron chi connectivity index (χ0n) is 10.9. The zero-order chi connectivity index (χ0) is 12.1. The SMILES string of the molecule is CNC1CCC(Cc2ccccc2OC)CC1. The molecule has 1 aromatic rings. The largest absolute Gasteiger partial charge is 0.496 e. The van der Waals surface area contributed by atoms with Gasteiger partial charge < -0.3 is 10.1 Å². The first kappa shape index (κ1) is 12.4. The molecule has 1 saturated carbocycles. The van der Waals surface area contributed by atoms with Crippen molar-refractivity contribution in [1.29, 1.82) is 0 Å². The van der Waals surface area contributed by atoms with Crippen molar-refractivity contribution in [2.24, 2.45) is 5.92 Å². The molecule has 1 fully saturated rings. The predicted octanol–water partition coefficient (Wildman–Crippen LogP) is 3.02. The minimum absolute atomic E-state index is 0.740. The Bertz CT molecular complexity index is 343. The van der Waals surface area contributed by atoms with E-state index >= 15 is 0 Å². The molecule has 1 N–H and O–H groups in total. The monoisotopic (exact) mass is 233 g/mol. The Morgan fingerprint density at radius 1 is 1.18 bits per heavy atom. The average molecular weight is 233 g/mol. The van der Waals surface area contributed by atoms with Crippen molar-refractivity contribution in [2.45, 2.75) is 38.1 Å². The van der Waals surface area contributed by atoms with Crippen molar-refractivity contribution in [3.8, 4) is 5.75 Å². The van der Waals surface area contributed by atoms with E-state index in [4.69, 9.17) is 4.74 Å². The van der Waals surface area contributed by atoms with Crippen molar-refractivity contribution >= 4 is 0 Å². The molecule has 0 saturated heterocycles. The molecule has 2 rings (SSSR count). The number of ether oxygens (including phenoxy) is 1. The first-order valence-corrected chi connectivity index (χ1v) is 6.62. The van der Waals surface area contributed by atoms with Gasteiger partial charge in [0, 0.05) is 6.04 Å². The van der Waals surface area contributed by atoms with Gasteiger partial charge in [0.25, 0.3) is 0 Å². The molecule has 2 heteroatoms. The number of rotatable bonds is 4. The molecule has 0 aromatic heterocycles. The number of para-hydroxylation sites is 1. The Morgan fingerprint density at radius 2 is 1.88 bits per heavy atom. The predicted molar refractivity (Wildman–Crippen MR) is 71.5 cm³/mol. The topological polar surface area (TPSA) is 21.3 Å². The van der Waals surface area contributed by atoms with Gasteiger partial charge >= 0.3 is 0 Å². The van der Waals surface area contributed by atoms with E-state index in [-0.39, 0.29) is 0 Å². The lowest BCUT2D eigenvalue weighted by Gasteiger charge is -2.28. The number of hydrogen-bond acceptors (Lipinski definition) is 2. The molecule has 0 heterocycles. The number of methoxy groups -OCH3 is 1. The number of hydrogen-bond donors (Lipinski definition) is 1. The van der Waals surface area contributed by atoms with Crippen molar-refractivity contribution in [2.75, 3.05) is 14.2 Å². The molecule has 0 unspecified atom stereocenters. The number of nitrogens with one attached hydrogen (secondary N) is 1. The van der Waals surface area contributed by atoms with Gasteiger partial charge in [-0.1, -0.05) is 18.2 Å². The van der Waals surface area contributed by atoms with Crippen LogP contribution in [0.15, 0.2) is 24.3 Å². The van der Waals surface area contributed by atoms with E-state index in [0.29, 0.717) is 0 Å². The summed E-state index contributed by atoms with van der Waals surface area (Å²) in [6, 6.07) is 9.15. The molecule has 94 valence electrons. The highest BCUT2D eigenvalue weighted by atomic mass is 16.5. The highest BCUT2D eigenvalue weighted by Crippen LogP contribution is 2.30. The standard InChI is InChI=1S/C15H23NO/c1-16-14-9-7-12(8-10-14)11-13-5-3-4-6-15(13)17-2/h3-6,12,14,16H,7-11H2,1-2H3. The Labute approximate surface area is 104 Å². The van der Waals surface area contributed by atoms with Crippen LogP contribution in [-0.2, 0) is 6.42 Å². The van der Waals surface area contributed by atoms with Gasteiger partial charge in [-0.3, -0.25) is 0 Å². The molecule has 0 aliphatic heterocycles. The Kier molecular flexibility index (Phi) is 4.43. The first-order chi connectivity index (χ1) is 8.33. The maximum Gasteiger partial charge on any atom is 0.122 e. The molecule has 0 bridgehead atoms. The minimum Gasteiger partial charge on any atom is -0.496 e. The van der Waals surface area contributed by atoms with Crippen molar-refractivity contribution in [1.82, 2.24) is 5.32 Å². The summed E-state index contributed by atoms with van der Waals surface area (Å²) in [6.07, 6.45) is 6.47. The average Bonchev–Trinajstić information content (AvgIpc) is 2.40. The van der Waals surface area contributed by atoms with Gasteiger partial charge in [-0.15, -0.1) is 0 Å². The van der Waals surface area contributed by atoms with Crippen LogP contribution in [0.1, 0.15) is 31.2 Å². The molecule has 1 aliphatic rings. The maximum atomic E-state index is 5.42. The Balaban J connectivity index is 1.93. The van der Waals surface area contributed by atoms with Crippen LogP contribution < -0.4 is 10.1 Å². The zero-order valence-corrected chi connectivity index (χ0v) is 10.9. The number of benzene rings is 1. The fraction of sp³-hybridized carbons (Fsp3) is 0.600. The van der Waals surface area contributed by atoms with Crippen molar-refractivity contribution in [3.63, 3.8) is 0 Å². The van der Waals surface area contributed by atoms with Gasteiger partial charge in [0.15, 0.2) is 0 Å². The molecule has 2 nitrogen and oxygen atoms in total. The van der Waals surface area contributed by atoms with Gasteiger partial charge in [-0.2, -0.15) is 0 Å². The summed E-state index contributed by atoms with van der Waals surface area (Å²) in [5, 5.41) is 3.39. The minimum atomic E-state index is 0.740. The van der Waals surface area contributed by atoms with Crippen molar-refractivity contribution in [3.05, 3.63) is 29.8 Å². The molecular formula is C15H23NO. The smallest absolute Gasteiger partial charge is 0.122 e. The summed E-state index contributed by atoms with van der Waals surface area (Å²) in [6.45, 7) is 0. The molecule has 1 aliphatic carbocycles. The van der Waals surface area contributed by atoms with E-state index < -0.39 is 0 Å². The van der Waals surface area contributed by atoms with Crippen LogP contribution >= 0.6 is 0 Å². The summed E-state index contributed by atoms with van der Waals surface area (Å²) in [4.78, 5) is 0. The highest BCUT2D eigenvalue weighted by molar-refractivity contribution is 5.33. The maximum absolute atomic E-state index is 5.42. The quantitative estimate of drug-likeness (QED) is 0.863. The van der Waals surface area contributed by atoms with E-state index in [0.717, 1.165) is 17.7 Å². The van der Waals surface area contributed by atoms with Crippen molar-refractivity contribution < 1.29 is 4.74 Å². The lowest BCUT2D eigenvalue weighted by molar-refractivity contribution is 0.297. The van der Waals surface area contributed by atoms with Crippen LogP contribution in [0.3, 0.4) is 0 Å². The van der Waals surface area contributed by atoms with Crippen LogP contribution in [0.5, 0.6) is 5.75 Å². The molecular weight excluding hydrogens is 210 g/mol. The highest BCUT2D eigenvalue weighted by Gasteiger charge is 2.20. The van der Waals surface area contributed by atoms with Crippen LogP contribution in [-0.4, -0.2) is 20.2 Å².